The second kappa shape index (κ2) is 5.80. The third kappa shape index (κ3) is 4.57. The molecule has 4 nitrogen and oxygen atoms in total. The molecule has 0 aliphatic rings. The van der Waals surface area contributed by atoms with Gasteiger partial charge < -0.3 is 11.1 Å². The molecule has 16 heavy (non-hydrogen) atoms. The summed E-state index contributed by atoms with van der Waals surface area (Å²) < 4.78 is 0. The molecular formula is C12H22N4. The Balaban J connectivity index is 2.48. The average molecular weight is 222 g/mol. The summed E-state index contributed by atoms with van der Waals surface area (Å²) in [6.07, 6.45) is 1.01. The number of rotatable bonds is 5. The largest absolute Gasteiger partial charge is 0.353 e. The second-order valence-corrected chi connectivity index (χ2v) is 4.74. The summed E-state index contributed by atoms with van der Waals surface area (Å²) in [6, 6.07) is 2.11. The number of hydrogen-bond acceptors (Lipinski definition) is 4. The van der Waals surface area contributed by atoms with Crippen molar-refractivity contribution in [1.82, 2.24) is 9.97 Å². The van der Waals surface area contributed by atoms with Crippen LogP contribution in [0.25, 0.3) is 0 Å². The van der Waals surface area contributed by atoms with Gasteiger partial charge in [-0.3, -0.25) is 0 Å². The van der Waals surface area contributed by atoms with Gasteiger partial charge in [0.1, 0.15) is 0 Å². The molecule has 0 amide bonds. The highest BCUT2D eigenvalue weighted by Gasteiger charge is 2.06. The molecule has 0 saturated carbocycles. The molecule has 1 unspecified atom stereocenters. The molecule has 0 aliphatic heterocycles. The molecule has 0 aliphatic carbocycles. The highest BCUT2D eigenvalue weighted by Crippen LogP contribution is 2.06. The Bertz CT molecular complexity index is 316. The SMILES string of the molecule is Cc1cc(C)nc(NCC(N)CC(C)C)n1. The van der Waals surface area contributed by atoms with E-state index in [1.54, 1.807) is 0 Å². The summed E-state index contributed by atoms with van der Waals surface area (Å²) >= 11 is 0. The maximum absolute atomic E-state index is 5.98. The predicted octanol–water partition coefficient (Wildman–Crippen LogP) is 1.88. The molecule has 1 atom stereocenters. The van der Waals surface area contributed by atoms with Crippen LogP contribution in [0.4, 0.5) is 5.95 Å². The van der Waals surface area contributed by atoms with Crippen LogP contribution in [-0.4, -0.2) is 22.6 Å². The van der Waals surface area contributed by atoms with Gasteiger partial charge in [-0.2, -0.15) is 0 Å². The normalized spacial score (nSPS) is 12.9. The number of anilines is 1. The number of nitrogens with one attached hydrogen (secondary N) is 1. The van der Waals surface area contributed by atoms with Crippen molar-refractivity contribution in [3.8, 4) is 0 Å². The molecule has 0 saturated heterocycles. The van der Waals surface area contributed by atoms with Crippen molar-refractivity contribution >= 4 is 5.95 Å². The molecule has 90 valence electrons. The Morgan fingerprint density at radius 1 is 1.25 bits per heavy atom. The van der Waals surface area contributed by atoms with Gasteiger partial charge in [0, 0.05) is 24.0 Å². The summed E-state index contributed by atoms with van der Waals surface area (Å²) in [5, 5.41) is 3.18. The molecule has 0 bridgehead atoms. The molecule has 0 aromatic carbocycles. The lowest BCUT2D eigenvalue weighted by molar-refractivity contribution is 0.507. The Morgan fingerprint density at radius 3 is 2.31 bits per heavy atom. The number of aryl methyl sites for hydroxylation is 2. The van der Waals surface area contributed by atoms with Gasteiger partial charge in [-0.05, 0) is 32.3 Å². The van der Waals surface area contributed by atoms with Gasteiger partial charge >= 0.3 is 0 Å². The predicted molar refractivity (Wildman–Crippen MR) is 67.4 cm³/mol. The Kier molecular flexibility index (Phi) is 4.68. The number of nitrogens with two attached hydrogens (primary N) is 1. The fourth-order valence-corrected chi connectivity index (χ4v) is 1.72. The minimum Gasteiger partial charge on any atom is -0.353 e. The fourth-order valence-electron chi connectivity index (χ4n) is 1.72. The monoisotopic (exact) mass is 222 g/mol. The lowest BCUT2D eigenvalue weighted by Gasteiger charge is -2.15. The van der Waals surface area contributed by atoms with Gasteiger partial charge in [-0.25, -0.2) is 9.97 Å². The van der Waals surface area contributed by atoms with Crippen molar-refractivity contribution < 1.29 is 0 Å². The minimum absolute atomic E-state index is 0.157. The molecule has 0 radical (unpaired) electrons. The summed E-state index contributed by atoms with van der Waals surface area (Å²) in [7, 11) is 0. The van der Waals surface area contributed by atoms with Crippen molar-refractivity contribution in [3.05, 3.63) is 17.5 Å². The molecule has 3 N–H and O–H groups in total. The first-order valence-corrected chi connectivity index (χ1v) is 5.79. The fraction of sp³-hybridized carbons (Fsp3) is 0.667. The Hall–Kier alpha value is -1.16. The zero-order valence-corrected chi connectivity index (χ0v) is 10.6. The quantitative estimate of drug-likeness (QED) is 0.798. The topological polar surface area (TPSA) is 63.8 Å². The van der Waals surface area contributed by atoms with E-state index in [4.69, 9.17) is 5.73 Å². The maximum Gasteiger partial charge on any atom is 0.223 e. The first kappa shape index (κ1) is 12.9. The van der Waals surface area contributed by atoms with E-state index < -0.39 is 0 Å². The van der Waals surface area contributed by atoms with Crippen LogP contribution in [0.2, 0.25) is 0 Å². The van der Waals surface area contributed by atoms with Crippen LogP contribution in [0, 0.1) is 19.8 Å². The first-order chi connectivity index (χ1) is 7.47. The van der Waals surface area contributed by atoms with Gasteiger partial charge in [-0.15, -0.1) is 0 Å². The van der Waals surface area contributed by atoms with Crippen LogP contribution < -0.4 is 11.1 Å². The van der Waals surface area contributed by atoms with E-state index in [2.05, 4.69) is 29.1 Å². The lowest BCUT2D eigenvalue weighted by atomic mass is 10.0. The molecule has 0 spiro atoms. The molecule has 4 heteroatoms. The molecule has 1 aromatic heterocycles. The first-order valence-electron chi connectivity index (χ1n) is 5.79. The van der Waals surface area contributed by atoms with E-state index >= 15 is 0 Å². The molecule has 1 rings (SSSR count). The smallest absolute Gasteiger partial charge is 0.223 e. The van der Waals surface area contributed by atoms with Gasteiger partial charge in [0.15, 0.2) is 0 Å². The summed E-state index contributed by atoms with van der Waals surface area (Å²) in [5.41, 5.74) is 7.94. The highest BCUT2D eigenvalue weighted by atomic mass is 15.1. The van der Waals surface area contributed by atoms with E-state index in [0.29, 0.717) is 11.9 Å². The van der Waals surface area contributed by atoms with Gasteiger partial charge in [0.05, 0.1) is 0 Å². The van der Waals surface area contributed by atoms with E-state index in [9.17, 15) is 0 Å². The second-order valence-electron chi connectivity index (χ2n) is 4.74. The number of nitrogens with zero attached hydrogens (tertiary/aromatic N) is 2. The molecule has 1 heterocycles. The van der Waals surface area contributed by atoms with Crippen molar-refractivity contribution in [2.24, 2.45) is 11.7 Å². The van der Waals surface area contributed by atoms with Crippen molar-refractivity contribution in [1.29, 1.82) is 0 Å². The summed E-state index contributed by atoms with van der Waals surface area (Å²) in [6.45, 7) is 9.00. The number of hydrogen-bond donors (Lipinski definition) is 2. The van der Waals surface area contributed by atoms with Gasteiger partial charge in [-0.1, -0.05) is 13.8 Å². The number of aromatic nitrogens is 2. The van der Waals surface area contributed by atoms with Gasteiger partial charge in [0.2, 0.25) is 5.95 Å². The van der Waals surface area contributed by atoms with E-state index in [1.807, 2.05) is 19.9 Å². The Morgan fingerprint density at radius 2 is 1.81 bits per heavy atom. The maximum atomic E-state index is 5.98. The summed E-state index contributed by atoms with van der Waals surface area (Å²) in [5.74, 6) is 1.30. The van der Waals surface area contributed by atoms with Crippen molar-refractivity contribution in [2.45, 2.75) is 40.2 Å². The van der Waals surface area contributed by atoms with E-state index in [0.717, 1.165) is 24.4 Å². The van der Waals surface area contributed by atoms with Crippen molar-refractivity contribution in [2.75, 3.05) is 11.9 Å². The highest BCUT2D eigenvalue weighted by molar-refractivity contribution is 5.27. The van der Waals surface area contributed by atoms with Crippen LogP contribution in [0.3, 0.4) is 0 Å². The van der Waals surface area contributed by atoms with Crippen LogP contribution in [0.5, 0.6) is 0 Å². The van der Waals surface area contributed by atoms with Crippen molar-refractivity contribution in [3.63, 3.8) is 0 Å². The third-order valence-electron chi connectivity index (χ3n) is 2.28. The van der Waals surface area contributed by atoms with Gasteiger partial charge in [0.25, 0.3) is 0 Å². The van der Waals surface area contributed by atoms with Crippen LogP contribution in [-0.2, 0) is 0 Å². The molecule has 0 fully saturated rings. The van der Waals surface area contributed by atoms with E-state index in [1.165, 1.54) is 0 Å². The average Bonchev–Trinajstić information content (AvgIpc) is 2.12. The molecule has 1 aromatic rings. The van der Waals surface area contributed by atoms with Crippen LogP contribution in [0.1, 0.15) is 31.7 Å². The standard InChI is InChI=1S/C12H22N4/c1-8(2)5-11(13)7-14-12-15-9(3)6-10(4)16-12/h6,8,11H,5,7,13H2,1-4H3,(H,14,15,16). The third-order valence-corrected chi connectivity index (χ3v) is 2.28. The zero-order chi connectivity index (χ0) is 12.1. The Labute approximate surface area is 97.7 Å². The zero-order valence-electron chi connectivity index (χ0n) is 10.6. The molecular weight excluding hydrogens is 200 g/mol. The van der Waals surface area contributed by atoms with Crippen LogP contribution in [0.15, 0.2) is 6.07 Å². The van der Waals surface area contributed by atoms with Crippen LogP contribution >= 0.6 is 0 Å². The minimum atomic E-state index is 0.157. The van der Waals surface area contributed by atoms with E-state index in [-0.39, 0.29) is 6.04 Å². The lowest BCUT2D eigenvalue weighted by Crippen LogP contribution is -2.31. The summed E-state index contributed by atoms with van der Waals surface area (Å²) in [4.78, 5) is 8.61.